The number of carboxylic acids is 1. The molecule has 0 aromatic carbocycles. The minimum Gasteiger partial charge on any atom is -0.481 e. The average Bonchev–Trinajstić information content (AvgIpc) is 3.02. The van der Waals surface area contributed by atoms with Crippen molar-refractivity contribution in [3.63, 3.8) is 0 Å². The molecule has 8 heteroatoms. The molecule has 0 bridgehead atoms. The molecule has 182 valence electrons. The third-order valence-corrected chi connectivity index (χ3v) is 9.42. The summed E-state index contributed by atoms with van der Waals surface area (Å²) in [7, 11) is 0. The highest BCUT2D eigenvalue weighted by Crippen LogP contribution is 2.67. The molecule has 3 N–H and O–H groups in total. The van der Waals surface area contributed by atoms with Crippen molar-refractivity contribution < 1.29 is 39.2 Å². The Kier molecular flexibility index (Phi) is 6.06. The highest BCUT2D eigenvalue weighted by Gasteiger charge is 2.68. The smallest absolute Gasteiger partial charge is 0.306 e. The van der Waals surface area contributed by atoms with Crippen molar-refractivity contribution in [3.8, 4) is 0 Å². The number of aliphatic hydroxyl groups excluding tert-OH is 1. The Hall–Kier alpha value is -2.06. The molecule has 4 aliphatic carbocycles. The number of hydrogen-bond donors (Lipinski definition) is 3. The molecule has 4 rings (SSSR count). The van der Waals surface area contributed by atoms with E-state index < -0.39 is 41.4 Å². The third kappa shape index (κ3) is 3.75. The number of Topliss-reactive ketones (excluding diaryl/α,β-unsaturated/α-hetero) is 1. The van der Waals surface area contributed by atoms with Crippen molar-refractivity contribution in [2.75, 3.05) is 6.61 Å². The summed E-state index contributed by atoms with van der Waals surface area (Å²) < 4.78 is 4.97. The van der Waals surface area contributed by atoms with Crippen molar-refractivity contribution in [1.29, 1.82) is 0 Å². The number of aliphatic carboxylic acids is 1. The molecule has 0 unspecified atom stereocenters. The molecule has 33 heavy (non-hydrogen) atoms. The lowest BCUT2D eigenvalue weighted by Gasteiger charge is -2.60. The van der Waals surface area contributed by atoms with E-state index in [-0.39, 0.29) is 54.6 Å². The zero-order chi connectivity index (χ0) is 24.2. The molecule has 0 radical (unpaired) electrons. The van der Waals surface area contributed by atoms with Crippen LogP contribution < -0.4 is 0 Å². The quantitative estimate of drug-likeness (QED) is 0.511. The summed E-state index contributed by atoms with van der Waals surface area (Å²) in [6.07, 6.45) is 4.30. The Morgan fingerprint density at radius 1 is 1.12 bits per heavy atom. The number of carboxylic acid groups (broad SMARTS) is 1. The first-order valence-electron chi connectivity index (χ1n) is 12.0. The monoisotopic (exact) mass is 462 g/mol. The molecular formula is C25H34O8. The number of carbonyl (C=O) groups is 4. The van der Waals surface area contributed by atoms with E-state index in [9.17, 15) is 29.4 Å². The fourth-order valence-electron chi connectivity index (χ4n) is 7.70. The van der Waals surface area contributed by atoms with Crippen LogP contribution in [0, 0.1) is 28.6 Å². The third-order valence-electron chi connectivity index (χ3n) is 9.42. The average molecular weight is 463 g/mol. The van der Waals surface area contributed by atoms with Gasteiger partial charge in [-0.25, -0.2) is 0 Å². The van der Waals surface area contributed by atoms with Crippen molar-refractivity contribution >= 4 is 23.5 Å². The zero-order valence-corrected chi connectivity index (χ0v) is 19.3. The Labute approximate surface area is 193 Å². The number of fused-ring (bicyclic) bond motifs is 5. The normalized spacial score (nSPS) is 41.9. The lowest BCUT2D eigenvalue weighted by molar-refractivity contribution is -0.184. The molecule has 0 heterocycles. The van der Waals surface area contributed by atoms with E-state index in [1.807, 2.05) is 6.92 Å². The molecule has 3 saturated carbocycles. The Morgan fingerprint density at radius 3 is 2.55 bits per heavy atom. The van der Waals surface area contributed by atoms with Crippen molar-refractivity contribution in [2.45, 2.75) is 83.3 Å². The molecular weight excluding hydrogens is 428 g/mol. The fourth-order valence-corrected chi connectivity index (χ4v) is 7.70. The molecule has 0 aromatic rings. The fraction of sp³-hybridized carbons (Fsp3) is 0.760. The first-order valence-corrected chi connectivity index (χ1v) is 12.0. The van der Waals surface area contributed by atoms with Gasteiger partial charge in [0.1, 0.15) is 5.60 Å². The molecule has 4 aliphatic rings. The summed E-state index contributed by atoms with van der Waals surface area (Å²) in [5, 5.41) is 31.6. The second-order valence-electron chi connectivity index (χ2n) is 11.0. The predicted molar refractivity (Wildman–Crippen MR) is 116 cm³/mol. The van der Waals surface area contributed by atoms with E-state index >= 15 is 0 Å². The van der Waals surface area contributed by atoms with Crippen LogP contribution in [0.25, 0.3) is 0 Å². The summed E-state index contributed by atoms with van der Waals surface area (Å²) in [4.78, 5) is 47.5. The number of carbonyl (C=O) groups excluding carboxylic acids is 3. The summed E-state index contributed by atoms with van der Waals surface area (Å²) in [6.45, 7) is 3.41. The van der Waals surface area contributed by atoms with Crippen molar-refractivity contribution in [2.24, 2.45) is 28.6 Å². The van der Waals surface area contributed by atoms with Crippen LogP contribution in [-0.2, 0) is 23.9 Å². The van der Waals surface area contributed by atoms with Crippen LogP contribution in [-0.4, -0.2) is 57.1 Å². The van der Waals surface area contributed by atoms with Crippen LogP contribution in [0.1, 0.15) is 71.6 Å². The van der Waals surface area contributed by atoms with Gasteiger partial charge in [-0.1, -0.05) is 19.4 Å². The maximum Gasteiger partial charge on any atom is 0.306 e. The van der Waals surface area contributed by atoms with Gasteiger partial charge in [0.25, 0.3) is 0 Å². The summed E-state index contributed by atoms with van der Waals surface area (Å²) in [6, 6.07) is 0. The summed E-state index contributed by atoms with van der Waals surface area (Å²) in [5.41, 5.74) is -1.68. The molecule has 3 fully saturated rings. The van der Waals surface area contributed by atoms with Gasteiger partial charge < -0.3 is 20.1 Å². The van der Waals surface area contributed by atoms with Crippen LogP contribution in [0.15, 0.2) is 11.6 Å². The number of hydrogen-bond acceptors (Lipinski definition) is 7. The van der Waals surface area contributed by atoms with Gasteiger partial charge in [-0.15, -0.1) is 0 Å². The Bertz CT molecular complexity index is 908. The SMILES string of the molecule is C[C@]12CCC(=O)C=C1CC[C@H]1[C@@H]2[C@H](O)C[C@@]2(C)[C@H]1CC[C@]2(O)C(=O)COC(=O)CCC(=O)O. The van der Waals surface area contributed by atoms with E-state index in [1.165, 1.54) is 0 Å². The molecule has 0 aliphatic heterocycles. The molecule has 0 saturated heterocycles. The standard InChI is InChI=1S/C25H34O8/c1-23-9-7-15(26)11-14(23)3-4-16-17-8-10-25(32,24(17,2)12-18(27)22(16)23)19(28)13-33-21(31)6-5-20(29)30/h11,16-18,22,27,32H,3-10,12-13H2,1-2H3,(H,29,30)/t16-,17+,18-,22-,23+,24+,25+/m1/s1. The van der Waals surface area contributed by atoms with Gasteiger partial charge >= 0.3 is 11.9 Å². The van der Waals surface area contributed by atoms with Gasteiger partial charge in [-0.2, -0.15) is 0 Å². The number of aliphatic hydroxyl groups is 2. The topological polar surface area (TPSA) is 138 Å². The summed E-state index contributed by atoms with van der Waals surface area (Å²) in [5.74, 6) is -2.20. The van der Waals surface area contributed by atoms with Crippen LogP contribution in [0.2, 0.25) is 0 Å². The number of ketones is 2. The zero-order valence-electron chi connectivity index (χ0n) is 19.3. The Balaban J connectivity index is 1.53. The van der Waals surface area contributed by atoms with Crippen molar-refractivity contribution in [3.05, 3.63) is 11.6 Å². The molecule has 0 aromatic heterocycles. The van der Waals surface area contributed by atoms with Crippen LogP contribution in [0.3, 0.4) is 0 Å². The maximum absolute atomic E-state index is 13.1. The second-order valence-corrected chi connectivity index (χ2v) is 11.0. The first kappa shape index (κ1) is 24.1. The summed E-state index contributed by atoms with van der Waals surface area (Å²) >= 11 is 0. The first-order chi connectivity index (χ1) is 15.4. The van der Waals surface area contributed by atoms with E-state index in [0.717, 1.165) is 24.8 Å². The van der Waals surface area contributed by atoms with Gasteiger partial charge in [-0.05, 0) is 67.8 Å². The molecule has 0 spiro atoms. The predicted octanol–water partition coefficient (Wildman–Crippen LogP) is 2.20. The lowest BCUT2D eigenvalue weighted by atomic mass is 9.45. The molecule has 8 nitrogen and oxygen atoms in total. The highest BCUT2D eigenvalue weighted by atomic mass is 16.5. The van der Waals surface area contributed by atoms with Gasteiger partial charge in [0.2, 0.25) is 5.78 Å². The molecule has 7 atom stereocenters. The van der Waals surface area contributed by atoms with Gasteiger partial charge in [0, 0.05) is 11.8 Å². The minimum atomic E-state index is -1.71. The van der Waals surface area contributed by atoms with Crippen LogP contribution in [0.5, 0.6) is 0 Å². The number of ether oxygens (including phenoxy) is 1. The second kappa shape index (κ2) is 8.31. The van der Waals surface area contributed by atoms with E-state index in [1.54, 1.807) is 6.08 Å². The molecule has 0 amide bonds. The minimum absolute atomic E-state index is 0.0185. The number of esters is 1. The van der Waals surface area contributed by atoms with Crippen molar-refractivity contribution in [1.82, 2.24) is 0 Å². The van der Waals surface area contributed by atoms with Gasteiger partial charge in [0.05, 0.1) is 18.9 Å². The lowest BCUT2D eigenvalue weighted by Crippen LogP contribution is -2.62. The maximum atomic E-state index is 13.1. The Morgan fingerprint density at radius 2 is 1.85 bits per heavy atom. The van der Waals surface area contributed by atoms with Crippen LogP contribution >= 0.6 is 0 Å². The number of rotatable bonds is 6. The largest absolute Gasteiger partial charge is 0.481 e. The van der Waals surface area contributed by atoms with E-state index in [4.69, 9.17) is 9.84 Å². The van der Waals surface area contributed by atoms with Gasteiger partial charge in [-0.3, -0.25) is 19.2 Å². The van der Waals surface area contributed by atoms with E-state index in [2.05, 4.69) is 6.92 Å². The van der Waals surface area contributed by atoms with Gasteiger partial charge in [0.15, 0.2) is 12.4 Å². The van der Waals surface area contributed by atoms with Crippen LogP contribution in [0.4, 0.5) is 0 Å². The highest BCUT2D eigenvalue weighted by molar-refractivity contribution is 5.92. The number of allylic oxidation sites excluding steroid dienone is 1. The van der Waals surface area contributed by atoms with E-state index in [0.29, 0.717) is 12.8 Å².